The van der Waals surface area contributed by atoms with Gasteiger partial charge in [-0.3, -0.25) is 4.79 Å². The highest BCUT2D eigenvalue weighted by Gasteiger charge is 2.51. The highest BCUT2D eigenvalue weighted by Crippen LogP contribution is 2.55. The predicted molar refractivity (Wildman–Crippen MR) is 88.5 cm³/mol. The number of carbonyl (C=O) groups is 1. The van der Waals surface area contributed by atoms with Gasteiger partial charge in [-0.25, -0.2) is 0 Å². The molecule has 2 nitrogen and oxygen atoms in total. The molecule has 0 saturated heterocycles. The quantitative estimate of drug-likeness (QED) is 0.883. The molecule has 4 aliphatic rings. The Morgan fingerprint density at radius 3 is 2.18 bits per heavy atom. The van der Waals surface area contributed by atoms with Crippen molar-refractivity contribution in [2.75, 3.05) is 0 Å². The fourth-order valence-electron chi connectivity index (χ4n) is 5.79. The molecule has 4 bridgehead atoms. The predicted octanol–water partition coefficient (Wildman–Crippen LogP) is 4.27. The van der Waals surface area contributed by atoms with Gasteiger partial charge in [0.1, 0.15) is 0 Å². The van der Waals surface area contributed by atoms with E-state index in [9.17, 15) is 4.79 Å². The first-order chi connectivity index (χ1) is 10.6. The summed E-state index contributed by atoms with van der Waals surface area (Å²) in [6.07, 6.45) is 8.62. The maximum Gasteiger partial charge on any atom is 0.221 e. The lowest BCUT2D eigenvalue weighted by Crippen LogP contribution is -2.59. The van der Waals surface area contributed by atoms with E-state index in [0.717, 1.165) is 17.8 Å². The van der Waals surface area contributed by atoms with E-state index >= 15 is 0 Å². The largest absolute Gasteiger partial charge is 0.351 e. The Bertz CT molecular complexity index is 515. The van der Waals surface area contributed by atoms with Gasteiger partial charge in [-0.15, -0.1) is 0 Å². The van der Waals surface area contributed by atoms with Crippen molar-refractivity contribution >= 4 is 5.91 Å². The third kappa shape index (κ3) is 2.68. The average molecular weight is 297 g/mol. The Hall–Kier alpha value is -1.31. The first-order valence-corrected chi connectivity index (χ1v) is 8.98. The third-order valence-electron chi connectivity index (χ3n) is 6.30. The molecule has 5 rings (SSSR count). The van der Waals surface area contributed by atoms with Gasteiger partial charge in [-0.2, -0.15) is 0 Å². The molecule has 4 saturated carbocycles. The van der Waals surface area contributed by atoms with E-state index in [1.54, 1.807) is 0 Å². The van der Waals surface area contributed by atoms with Gasteiger partial charge in [-0.05, 0) is 67.8 Å². The highest BCUT2D eigenvalue weighted by molar-refractivity contribution is 5.77. The molecule has 4 aliphatic carbocycles. The molecular weight excluding hydrogens is 270 g/mol. The van der Waals surface area contributed by atoms with Crippen LogP contribution in [0.4, 0.5) is 0 Å². The second-order valence-electron chi connectivity index (χ2n) is 8.26. The maximum atomic E-state index is 12.6. The average Bonchev–Trinajstić information content (AvgIpc) is 2.45. The zero-order valence-corrected chi connectivity index (χ0v) is 13.6. The van der Waals surface area contributed by atoms with E-state index in [0.29, 0.717) is 12.3 Å². The van der Waals surface area contributed by atoms with Crippen LogP contribution in [0.15, 0.2) is 30.3 Å². The number of benzene rings is 1. The van der Waals surface area contributed by atoms with Crippen molar-refractivity contribution in [3.05, 3.63) is 35.9 Å². The lowest BCUT2D eigenvalue weighted by Gasteiger charge is -2.57. The van der Waals surface area contributed by atoms with Crippen molar-refractivity contribution in [1.29, 1.82) is 0 Å². The van der Waals surface area contributed by atoms with Gasteiger partial charge < -0.3 is 5.32 Å². The molecule has 118 valence electrons. The summed E-state index contributed by atoms with van der Waals surface area (Å²) in [5.74, 6) is 3.22. The van der Waals surface area contributed by atoms with Crippen LogP contribution in [0.2, 0.25) is 0 Å². The number of nitrogens with one attached hydrogen (secondary N) is 1. The van der Waals surface area contributed by atoms with Gasteiger partial charge in [0.05, 0.1) is 0 Å². The smallest absolute Gasteiger partial charge is 0.221 e. The van der Waals surface area contributed by atoms with Crippen LogP contribution in [0, 0.1) is 17.8 Å². The van der Waals surface area contributed by atoms with Crippen molar-refractivity contribution in [1.82, 2.24) is 5.32 Å². The van der Waals surface area contributed by atoms with Crippen molar-refractivity contribution in [3.63, 3.8) is 0 Å². The molecule has 1 amide bonds. The van der Waals surface area contributed by atoms with Crippen LogP contribution < -0.4 is 5.32 Å². The minimum atomic E-state index is 0.155. The van der Waals surface area contributed by atoms with Crippen molar-refractivity contribution < 1.29 is 4.79 Å². The Balaban J connectivity index is 1.40. The number of hydrogen-bond acceptors (Lipinski definition) is 1. The number of hydrogen-bond donors (Lipinski definition) is 1. The lowest BCUT2D eigenvalue weighted by atomic mass is 9.53. The molecular formula is C20H27NO. The Kier molecular flexibility index (Phi) is 3.51. The van der Waals surface area contributed by atoms with E-state index in [4.69, 9.17) is 0 Å². The fraction of sp³-hybridized carbons (Fsp3) is 0.650. The molecule has 1 N–H and O–H groups in total. The van der Waals surface area contributed by atoms with Crippen LogP contribution in [-0.2, 0) is 4.79 Å². The lowest BCUT2D eigenvalue weighted by molar-refractivity contribution is -0.127. The van der Waals surface area contributed by atoms with Crippen molar-refractivity contribution in [2.45, 2.75) is 63.3 Å². The van der Waals surface area contributed by atoms with Crippen LogP contribution in [0.5, 0.6) is 0 Å². The first-order valence-electron chi connectivity index (χ1n) is 8.98. The van der Waals surface area contributed by atoms with Gasteiger partial charge in [0.2, 0.25) is 5.91 Å². The summed E-state index contributed by atoms with van der Waals surface area (Å²) < 4.78 is 0. The number of rotatable bonds is 4. The molecule has 0 heterocycles. The molecule has 4 fully saturated rings. The molecule has 2 heteroatoms. The van der Waals surface area contributed by atoms with E-state index in [-0.39, 0.29) is 11.4 Å². The highest BCUT2D eigenvalue weighted by atomic mass is 16.1. The molecule has 0 radical (unpaired) electrons. The molecule has 22 heavy (non-hydrogen) atoms. The summed E-state index contributed by atoms with van der Waals surface area (Å²) in [6, 6.07) is 10.4. The Labute approximate surface area is 133 Å². The topological polar surface area (TPSA) is 29.1 Å². The van der Waals surface area contributed by atoms with Crippen LogP contribution in [0.25, 0.3) is 0 Å². The molecule has 0 spiro atoms. The molecule has 0 aromatic heterocycles. The van der Waals surface area contributed by atoms with Gasteiger partial charge in [0.15, 0.2) is 0 Å². The second kappa shape index (κ2) is 5.40. The summed E-state index contributed by atoms with van der Waals surface area (Å²) in [5, 5.41) is 3.49. The minimum absolute atomic E-state index is 0.155. The number of carbonyl (C=O) groups excluding carboxylic acids is 1. The van der Waals surface area contributed by atoms with Crippen LogP contribution >= 0.6 is 0 Å². The molecule has 1 aromatic rings. The van der Waals surface area contributed by atoms with E-state index in [1.807, 2.05) is 6.07 Å². The SMILES string of the molecule is C[C@H](CC(=O)NC12CC3CC(CC(C3)C1)C2)c1ccccc1. The Morgan fingerprint density at radius 1 is 1.09 bits per heavy atom. The van der Waals surface area contributed by atoms with Crippen molar-refractivity contribution in [3.8, 4) is 0 Å². The van der Waals surface area contributed by atoms with E-state index in [1.165, 1.54) is 44.1 Å². The summed E-state index contributed by atoms with van der Waals surface area (Å²) in [7, 11) is 0. The molecule has 1 aromatic carbocycles. The zero-order chi connectivity index (χ0) is 15.2. The number of amides is 1. The molecule has 0 aliphatic heterocycles. The second-order valence-corrected chi connectivity index (χ2v) is 8.26. The summed E-state index contributed by atoms with van der Waals surface area (Å²) >= 11 is 0. The standard InChI is InChI=1S/C20H27NO/c1-14(18-5-3-2-4-6-18)7-19(22)21-20-11-15-8-16(12-20)10-17(9-15)13-20/h2-6,14-17H,7-13H2,1H3,(H,21,22)/t14-,15?,16?,17?,20?/m1/s1. The van der Waals surface area contributed by atoms with Crippen LogP contribution in [0.1, 0.15) is 63.4 Å². The first kappa shape index (κ1) is 14.3. The molecule has 0 unspecified atom stereocenters. The minimum Gasteiger partial charge on any atom is -0.351 e. The molecule has 1 atom stereocenters. The van der Waals surface area contributed by atoms with Gasteiger partial charge in [-0.1, -0.05) is 37.3 Å². The summed E-state index contributed by atoms with van der Waals surface area (Å²) in [6.45, 7) is 2.16. The van der Waals surface area contributed by atoms with Gasteiger partial charge >= 0.3 is 0 Å². The zero-order valence-electron chi connectivity index (χ0n) is 13.6. The van der Waals surface area contributed by atoms with E-state index in [2.05, 4.69) is 36.5 Å². The van der Waals surface area contributed by atoms with Gasteiger partial charge in [0.25, 0.3) is 0 Å². The monoisotopic (exact) mass is 297 g/mol. The third-order valence-corrected chi connectivity index (χ3v) is 6.30. The van der Waals surface area contributed by atoms with Crippen molar-refractivity contribution in [2.24, 2.45) is 17.8 Å². The maximum absolute atomic E-state index is 12.6. The fourth-order valence-corrected chi connectivity index (χ4v) is 5.79. The van der Waals surface area contributed by atoms with Crippen LogP contribution in [-0.4, -0.2) is 11.4 Å². The van der Waals surface area contributed by atoms with Gasteiger partial charge in [0, 0.05) is 12.0 Å². The summed E-state index contributed by atoms with van der Waals surface area (Å²) in [4.78, 5) is 12.6. The Morgan fingerprint density at radius 2 is 1.64 bits per heavy atom. The van der Waals surface area contributed by atoms with Crippen LogP contribution in [0.3, 0.4) is 0 Å². The van der Waals surface area contributed by atoms with E-state index < -0.39 is 0 Å². The normalized spacial score (nSPS) is 37.0. The summed E-state index contributed by atoms with van der Waals surface area (Å²) in [5.41, 5.74) is 1.42.